The summed E-state index contributed by atoms with van der Waals surface area (Å²) >= 11 is 0. The highest BCUT2D eigenvalue weighted by molar-refractivity contribution is 6.62. The second kappa shape index (κ2) is 3.81. The van der Waals surface area contributed by atoms with Gasteiger partial charge in [0, 0.05) is 8.41 Å². The first-order chi connectivity index (χ1) is 7.79. The average Bonchev–Trinajstić information content (AvgIpc) is 2.63. The summed E-state index contributed by atoms with van der Waals surface area (Å²) in [5, 5.41) is 0. The van der Waals surface area contributed by atoms with E-state index in [9.17, 15) is 0 Å². The predicted molar refractivity (Wildman–Crippen MR) is 73.0 cm³/mol. The number of hydrogen-bond donors (Lipinski definition) is 0. The Hall–Kier alpha value is -0.953. The fourth-order valence-corrected chi connectivity index (χ4v) is 5.67. The third-order valence-electron chi connectivity index (χ3n) is 4.29. The summed E-state index contributed by atoms with van der Waals surface area (Å²) in [6.45, 7) is 2.37. The quantitative estimate of drug-likeness (QED) is 0.602. The van der Waals surface area contributed by atoms with E-state index < -0.39 is 8.41 Å². The van der Waals surface area contributed by atoms with Gasteiger partial charge in [0.15, 0.2) is 0 Å². The van der Waals surface area contributed by atoms with E-state index in [1.54, 1.807) is 0 Å². The van der Waals surface area contributed by atoms with Crippen molar-refractivity contribution in [3.05, 3.63) is 48.6 Å². The van der Waals surface area contributed by atoms with Crippen LogP contribution in [0.25, 0.3) is 0 Å². The smallest absolute Gasteiger partial charge is 0.00315 e. The van der Waals surface area contributed by atoms with E-state index in [1.165, 1.54) is 0 Å². The molecule has 0 aromatic carbocycles. The van der Waals surface area contributed by atoms with Crippen molar-refractivity contribution in [2.45, 2.75) is 12.1 Å². The zero-order valence-corrected chi connectivity index (χ0v) is 10.7. The minimum Gasteiger partial charge on any atom is -0.118 e. The fourth-order valence-electron chi connectivity index (χ4n) is 3.68. The van der Waals surface area contributed by atoms with Crippen LogP contribution in [-0.4, -0.2) is 14.6 Å². The van der Waals surface area contributed by atoms with E-state index in [0.717, 1.165) is 29.2 Å². The number of hydrogen-bond acceptors (Lipinski definition) is 0. The molecule has 0 saturated heterocycles. The lowest BCUT2D eigenvalue weighted by molar-refractivity contribution is 0.461. The molecule has 4 unspecified atom stereocenters. The van der Waals surface area contributed by atoms with E-state index in [0.29, 0.717) is 0 Å². The van der Waals surface area contributed by atoms with Crippen LogP contribution >= 0.6 is 0 Å². The topological polar surface area (TPSA) is 0 Å². The molecule has 0 amide bonds. The lowest BCUT2D eigenvalue weighted by Crippen LogP contribution is -2.19. The number of rotatable bonds is 1. The third kappa shape index (κ3) is 1.38. The minimum absolute atomic E-state index is 0.470. The monoisotopic (exact) mass is 226 g/mol. The Morgan fingerprint density at radius 3 is 1.50 bits per heavy atom. The van der Waals surface area contributed by atoms with Gasteiger partial charge in [0.2, 0.25) is 0 Å². The molecule has 3 aliphatic carbocycles. The Morgan fingerprint density at radius 1 is 0.750 bits per heavy atom. The van der Waals surface area contributed by atoms with E-state index in [-0.39, 0.29) is 0 Å². The summed E-state index contributed by atoms with van der Waals surface area (Å²) in [7, 11) is -0.470. The molecule has 0 aliphatic heterocycles. The zero-order valence-electron chi connectivity index (χ0n) is 9.71. The minimum atomic E-state index is -0.470. The second-order valence-electron chi connectivity index (χ2n) is 5.22. The van der Waals surface area contributed by atoms with Crippen LogP contribution in [0.1, 0.15) is 0 Å². The highest BCUT2D eigenvalue weighted by Gasteiger charge is 2.47. The van der Waals surface area contributed by atoms with Gasteiger partial charge >= 0.3 is 0 Å². The average molecular weight is 226 g/mol. The second-order valence-corrected chi connectivity index (χ2v) is 7.58. The molecule has 0 N–H and O–H groups in total. The van der Waals surface area contributed by atoms with Crippen LogP contribution in [0.3, 0.4) is 0 Å². The van der Waals surface area contributed by atoms with Crippen molar-refractivity contribution in [2.24, 2.45) is 23.7 Å². The third-order valence-corrected chi connectivity index (χ3v) is 6.20. The zero-order chi connectivity index (χ0) is 11.1. The Balaban J connectivity index is 2.03. The first-order valence-corrected chi connectivity index (χ1v) is 8.43. The van der Waals surface area contributed by atoms with Crippen molar-refractivity contribution >= 4 is 14.6 Å². The van der Waals surface area contributed by atoms with Crippen LogP contribution in [0.5, 0.6) is 0 Å². The van der Waals surface area contributed by atoms with Crippen molar-refractivity contribution in [3.63, 3.8) is 0 Å². The lowest BCUT2D eigenvalue weighted by Gasteiger charge is -2.23. The van der Waals surface area contributed by atoms with Gasteiger partial charge in [0.05, 0.1) is 0 Å². The molecule has 3 aliphatic rings. The molecule has 3 rings (SSSR count). The van der Waals surface area contributed by atoms with E-state index in [4.69, 9.17) is 0 Å². The molecule has 82 valence electrons. The van der Waals surface area contributed by atoms with Gasteiger partial charge in [-0.3, -0.25) is 0 Å². The molecule has 16 heavy (non-hydrogen) atoms. The summed E-state index contributed by atoms with van der Waals surface area (Å²) in [6, 6.07) is 0. The van der Waals surface area contributed by atoms with Crippen molar-refractivity contribution in [1.29, 1.82) is 0 Å². The van der Waals surface area contributed by atoms with Crippen LogP contribution < -0.4 is 0 Å². The van der Waals surface area contributed by atoms with Crippen molar-refractivity contribution < 1.29 is 0 Å². The molecular weight excluding hydrogens is 208 g/mol. The van der Waals surface area contributed by atoms with Crippen molar-refractivity contribution in [3.8, 4) is 0 Å². The maximum Gasteiger partial charge on any atom is 0.00315 e. The molecule has 0 aromatic rings. The van der Waals surface area contributed by atoms with Gasteiger partial charge in [-0.2, -0.15) is 0 Å². The summed E-state index contributed by atoms with van der Waals surface area (Å²) in [6.07, 6.45) is 23.0. The number of allylic oxidation sites excluding steroid dienone is 8. The molecule has 0 nitrogen and oxygen atoms in total. The summed E-state index contributed by atoms with van der Waals surface area (Å²) in [4.78, 5) is 0. The summed E-state index contributed by atoms with van der Waals surface area (Å²) in [5.41, 5.74) is 0.808. The molecule has 0 heterocycles. The van der Waals surface area contributed by atoms with Gasteiger partial charge in [-0.15, -0.1) is 6.17 Å². The molecule has 1 saturated carbocycles. The molecular formula is C15H18Si. The van der Waals surface area contributed by atoms with E-state index in [1.807, 2.05) is 0 Å². The van der Waals surface area contributed by atoms with Crippen LogP contribution in [0.15, 0.2) is 48.6 Å². The van der Waals surface area contributed by atoms with E-state index in [2.05, 4.69) is 61.3 Å². The Morgan fingerprint density at radius 2 is 1.12 bits per heavy atom. The molecule has 1 fully saturated rings. The molecule has 4 atom stereocenters. The van der Waals surface area contributed by atoms with Crippen LogP contribution in [0.4, 0.5) is 0 Å². The first-order valence-electron chi connectivity index (χ1n) is 6.14. The largest absolute Gasteiger partial charge is 0.118 e. The SMILES string of the molecule is C=[Si](C)C1C2C=CC=CC2C2C=CC=CC21. The summed E-state index contributed by atoms with van der Waals surface area (Å²) in [5.74, 6) is 2.93. The van der Waals surface area contributed by atoms with Gasteiger partial charge in [0.25, 0.3) is 0 Å². The van der Waals surface area contributed by atoms with Crippen molar-refractivity contribution in [2.75, 3.05) is 0 Å². The molecule has 1 heteroatoms. The number of fused-ring (bicyclic) bond motifs is 3. The Kier molecular flexibility index (Phi) is 2.43. The summed E-state index contributed by atoms with van der Waals surface area (Å²) < 4.78 is 0. The standard InChI is InChI=1S/C15H18Si/c1-16(2)15-13-9-5-3-7-11(13)12-8-4-6-10-14(12)15/h3-15H,1H2,2H3. The molecule has 0 aromatic heterocycles. The normalized spacial score (nSPS) is 43.2. The fraction of sp³-hybridized carbons (Fsp3) is 0.400. The molecule has 0 spiro atoms. The van der Waals surface area contributed by atoms with Crippen LogP contribution in [0, 0.1) is 23.7 Å². The maximum atomic E-state index is 4.39. The highest BCUT2D eigenvalue weighted by atomic mass is 28.2. The van der Waals surface area contributed by atoms with Gasteiger partial charge in [-0.05, 0) is 29.2 Å². The maximum absolute atomic E-state index is 4.39. The first kappa shape index (κ1) is 10.2. The highest BCUT2D eigenvalue weighted by Crippen LogP contribution is 2.54. The molecule has 0 radical (unpaired) electrons. The van der Waals surface area contributed by atoms with Crippen LogP contribution in [0.2, 0.25) is 12.1 Å². The van der Waals surface area contributed by atoms with Gasteiger partial charge in [-0.1, -0.05) is 55.2 Å². The molecule has 0 bridgehead atoms. The predicted octanol–water partition coefficient (Wildman–Crippen LogP) is 3.23. The van der Waals surface area contributed by atoms with Gasteiger partial charge in [0.1, 0.15) is 0 Å². The van der Waals surface area contributed by atoms with E-state index >= 15 is 0 Å². The van der Waals surface area contributed by atoms with Crippen molar-refractivity contribution in [1.82, 2.24) is 0 Å². The van der Waals surface area contributed by atoms with Gasteiger partial charge in [-0.25, -0.2) is 0 Å². The van der Waals surface area contributed by atoms with Gasteiger partial charge < -0.3 is 0 Å². The Labute approximate surface area is 99.3 Å². The van der Waals surface area contributed by atoms with Crippen LogP contribution in [-0.2, 0) is 0 Å². The Bertz CT molecular complexity index is 391. The lowest BCUT2D eigenvalue weighted by atomic mass is 9.83.